The number of rotatable bonds is 1. The number of aromatic hydroxyl groups is 1. The average molecular weight is 279 g/mol. The molecule has 2 rings (SSSR count). The van der Waals surface area contributed by atoms with Crippen LogP contribution < -0.4 is 0 Å². The van der Waals surface area contributed by atoms with Gasteiger partial charge in [0, 0.05) is 5.39 Å². The van der Waals surface area contributed by atoms with Crippen molar-refractivity contribution in [1.29, 1.82) is 0 Å². The fourth-order valence-electron chi connectivity index (χ4n) is 1.62. The zero-order valence-corrected chi connectivity index (χ0v) is 11.3. The molecule has 2 N–H and O–H groups in total. The van der Waals surface area contributed by atoms with Gasteiger partial charge in [0.25, 0.3) is 0 Å². The van der Waals surface area contributed by atoms with Gasteiger partial charge in [-0.15, -0.1) is 5.11 Å². The summed E-state index contributed by atoms with van der Waals surface area (Å²) < 4.78 is 18.0. The number of hydrogen-bond acceptors (Lipinski definition) is 4. The Bertz CT molecular complexity index is 686. The lowest BCUT2D eigenvalue weighted by Crippen LogP contribution is -2.21. The summed E-state index contributed by atoms with van der Waals surface area (Å²) in [6.07, 6.45) is -0.867. The first kappa shape index (κ1) is 14.0. The van der Waals surface area contributed by atoms with Crippen LogP contribution in [0.1, 0.15) is 20.8 Å². The van der Waals surface area contributed by atoms with Crippen molar-refractivity contribution in [2.24, 2.45) is 10.2 Å². The number of benzene rings is 1. The first-order chi connectivity index (χ1) is 9.26. The fraction of sp³-hybridized carbons (Fsp3) is 0.308. The highest BCUT2D eigenvalue weighted by atomic mass is 19.1. The van der Waals surface area contributed by atoms with E-state index >= 15 is 0 Å². The predicted octanol–water partition coefficient (Wildman–Crippen LogP) is 4.03. The van der Waals surface area contributed by atoms with Crippen LogP contribution in [-0.4, -0.2) is 21.8 Å². The number of aromatic amines is 1. The van der Waals surface area contributed by atoms with Gasteiger partial charge in [0.15, 0.2) is 5.69 Å². The van der Waals surface area contributed by atoms with Crippen LogP contribution in [-0.2, 0) is 4.74 Å². The summed E-state index contributed by atoms with van der Waals surface area (Å²) in [5.41, 5.74) is -0.256. The molecule has 0 saturated heterocycles. The van der Waals surface area contributed by atoms with Crippen LogP contribution in [0.5, 0.6) is 5.88 Å². The minimum absolute atomic E-state index is 0.0610. The third kappa shape index (κ3) is 3.11. The number of carbonyl (C=O) groups excluding carboxylic acids is 1. The molecule has 1 amide bonds. The quantitative estimate of drug-likeness (QED) is 0.772. The number of fused-ring (bicyclic) bond motifs is 1. The molecule has 0 aliphatic rings. The van der Waals surface area contributed by atoms with Gasteiger partial charge in [-0.1, -0.05) is 5.11 Å². The van der Waals surface area contributed by atoms with Crippen LogP contribution >= 0.6 is 0 Å². The fourth-order valence-corrected chi connectivity index (χ4v) is 1.62. The molecule has 0 bridgehead atoms. The molecular formula is C13H14FN3O3. The molecule has 0 saturated carbocycles. The van der Waals surface area contributed by atoms with Gasteiger partial charge in [-0.05, 0) is 39.0 Å². The molecule has 0 fully saturated rings. The van der Waals surface area contributed by atoms with Crippen LogP contribution in [0.4, 0.5) is 14.9 Å². The number of hydrogen-bond donors (Lipinski definition) is 2. The second-order valence-electron chi connectivity index (χ2n) is 5.19. The minimum atomic E-state index is -0.867. The third-order valence-corrected chi connectivity index (χ3v) is 2.34. The standard InChI is InChI=1S/C13H14FN3O3/c1-13(2,3)20-12(19)17-16-10-8-5-4-7(14)6-9(8)15-11(10)18/h4-6,15,18H,1-3H3. The van der Waals surface area contributed by atoms with E-state index in [1.165, 1.54) is 18.2 Å². The zero-order valence-electron chi connectivity index (χ0n) is 11.3. The largest absolute Gasteiger partial charge is 0.493 e. The number of aromatic nitrogens is 1. The van der Waals surface area contributed by atoms with Crippen LogP contribution in [0.15, 0.2) is 28.4 Å². The molecule has 0 atom stereocenters. The van der Waals surface area contributed by atoms with Gasteiger partial charge in [-0.3, -0.25) is 0 Å². The van der Waals surface area contributed by atoms with Crippen molar-refractivity contribution in [3.63, 3.8) is 0 Å². The normalized spacial score (nSPS) is 12.2. The number of carbonyl (C=O) groups is 1. The van der Waals surface area contributed by atoms with Crippen LogP contribution in [0.25, 0.3) is 10.9 Å². The van der Waals surface area contributed by atoms with Gasteiger partial charge in [-0.2, -0.15) is 0 Å². The molecule has 106 valence electrons. The van der Waals surface area contributed by atoms with Crippen molar-refractivity contribution in [1.82, 2.24) is 4.98 Å². The van der Waals surface area contributed by atoms with Crippen molar-refractivity contribution >= 4 is 22.7 Å². The number of nitrogens with zero attached hydrogens (tertiary/aromatic N) is 2. The zero-order chi connectivity index (χ0) is 14.9. The Morgan fingerprint density at radius 1 is 1.40 bits per heavy atom. The van der Waals surface area contributed by atoms with E-state index in [0.29, 0.717) is 10.9 Å². The molecule has 0 spiro atoms. The minimum Gasteiger partial charge on any atom is -0.493 e. The number of amides is 1. The lowest BCUT2D eigenvalue weighted by Gasteiger charge is -2.16. The maximum Gasteiger partial charge on any atom is 0.452 e. The molecule has 0 aliphatic heterocycles. The van der Waals surface area contributed by atoms with E-state index in [9.17, 15) is 14.3 Å². The summed E-state index contributed by atoms with van der Waals surface area (Å²) in [4.78, 5) is 14.0. The smallest absolute Gasteiger partial charge is 0.452 e. The summed E-state index contributed by atoms with van der Waals surface area (Å²) in [6.45, 7) is 5.10. The lowest BCUT2D eigenvalue weighted by atomic mass is 10.2. The Hall–Kier alpha value is -2.44. The van der Waals surface area contributed by atoms with Crippen LogP contribution in [0.2, 0.25) is 0 Å². The average Bonchev–Trinajstić information content (AvgIpc) is 2.59. The van der Waals surface area contributed by atoms with Crippen LogP contribution in [0.3, 0.4) is 0 Å². The van der Waals surface area contributed by atoms with E-state index in [0.717, 1.165) is 0 Å². The first-order valence-electron chi connectivity index (χ1n) is 5.91. The van der Waals surface area contributed by atoms with E-state index in [1.807, 2.05) is 0 Å². The van der Waals surface area contributed by atoms with Crippen molar-refractivity contribution in [3.8, 4) is 5.88 Å². The maximum atomic E-state index is 13.0. The highest BCUT2D eigenvalue weighted by Crippen LogP contribution is 2.35. The molecule has 0 aliphatic carbocycles. The highest BCUT2D eigenvalue weighted by Gasteiger charge is 2.16. The Balaban J connectivity index is 2.30. The van der Waals surface area contributed by atoms with Crippen molar-refractivity contribution in [2.45, 2.75) is 26.4 Å². The van der Waals surface area contributed by atoms with E-state index in [-0.39, 0.29) is 11.6 Å². The molecule has 0 unspecified atom stereocenters. The second kappa shape index (κ2) is 4.92. The number of H-pyrrole nitrogens is 1. The molecule has 20 heavy (non-hydrogen) atoms. The number of azo groups is 1. The van der Waals surface area contributed by atoms with E-state index in [2.05, 4.69) is 15.2 Å². The third-order valence-electron chi connectivity index (χ3n) is 2.34. The second-order valence-corrected chi connectivity index (χ2v) is 5.19. The Morgan fingerprint density at radius 3 is 2.75 bits per heavy atom. The number of nitrogens with one attached hydrogen (secondary N) is 1. The molecule has 1 heterocycles. The van der Waals surface area contributed by atoms with Gasteiger partial charge in [0.05, 0.1) is 5.52 Å². The van der Waals surface area contributed by atoms with Gasteiger partial charge in [0.2, 0.25) is 5.88 Å². The SMILES string of the molecule is CC(C)(C)OC(=O)N=Nc1c(O)[nH]c2cc(F)ccc12. The van der Waals surface area contributed by atoms with Crippen molar-refractivity contribution in [2.75, 3.05) is 0 Å². The molecule has 6 nitrogen and oxygen atoms in total. The van der Waals surface area contributed by atoms with E-state index < -0.39 is 17.5 Å². The number of halogens is 1. The van der Waals surface area contributed by atoms with Gasteiger partial charge >= 0.3 is 6.09 Å². The topological polar surface area (TPSA) is 87.0 Å². The van der Waals surface area contributed by atoms with Gasteiger partial charge < -0.3 is 14.8 Å². The molecule has 1 aromatic heterocycles. The summed E-state index contributed by atoms with van der Waals surface area (Å²) >= 11 is 0. The molecular weight excluding hydrogens is 265 g/mol. The molecule has 0 radical (unpaired) electrons. The monoisotopic (exact) mass is 279 g/mol. The summed E-state index contributed by atoms with van der Waals surface area (Å²) in [5.74, 6) is -0.743. The Morgan fingerprint density at radius 2 is 2.10 bits per heavy atom. The molecule has 7 heteroatoms. The summed E-state index contributed by atoms with van der Waals surface area (Å²) in [5, 5.41) is 17.2. The Kier molecular flexibility index (Phi) is 3.44. The first-order valence-corrected chi connectivity index (χ1v) is 5.91. The van der Waals surface area contributed by atoms with Gasteiger partial charge in [-0.25, -0.2) is 9.18 Å². The maximum absolute atomic E-state index is 13.0. The van der Waals surface area contributed by atoms with E-state index in [1.54, 1.807) is 20.8 Å². The lowest BCUT2D eigenvalue weighted by molar-refractivity contribution is 0.0592. The summed E-state index contributed by atoms with van der Waals surface area (Å²) in [7, 11) is 0. The Labute approximate surface area is 114 Å². The summed E-state index contributed by atoms with van der Waals surface area (Å²) in [6, 6.07) is 3.87. The van der Waals surface area contributed by atoms with Crippen molar-refractivity contribution in [3.05, 3.63) is 24.0 Å². The van der Waals surface area contributed by atoms with E-state index in [4.69, 9.17) is 4.74 Å². The number of ether oxygens (including phenoxy) is 1. The predicted molar refractivity (Wildman–Crippen MR) is 70.7 cm³/mol. The molecule has 1 aromatic carbocycles. The van der Waals surface area contributed by atoms with Crippen LogP contribution in [0, 0.1) is 5.82 Å². The van der Waals surface area contributed by atoms with Gasteiger partial charge in [0.1, 0.15) is 11.4 Å². The molecule has 2 aromatic rings. The highest BCUT2D eigenvalue weighted by molar-refractivity contribution is 5.94. The van der Waals surface area contributed by atoms with Crippen molar-refractivity contribution < 1.29 is 19.0 Å².